The van der Waals surface area contributed by atoms with E-state index in [9.17, 15) is 14.7 Å². The molecule has 0 radical (unpaired) electrons. The lowest BCUT2D eigenvalue weighted by Crippen LogP contribution is -2.53. The SMILES string of the molecule is CC(C)Oc1ccc(NC(=O)N2CCCC(O)(CC(=O)N(C)C)C2)nn1. The smallest absolute Gasteiger partial charge is 0.323 e. The maximum Gasteiger partial charge on any atom is 0.323 e. The van der Waals surface area contributed by atoms with Crippen LogP contribution < -0.4 is 10.1 Å². The fourth-order valence-corrected chi connectivity index (χ4v) is 2.75. The average Bonchev–Trinajstić information content (AvgIpc) is 2.55. The first-order valence-corrected chi connectivity index (χ1v) is 8.67. The van der Waals surface area contributed by atoms with Gasteiger partial charge in [0.05, 0.1) is 24.7 Å². The molecule has 9 heteroatoms. The van der Waals surface area contributed by atoms with Gasteiger partial charge in [-0.2, -0.15) is 0 Å². The van der Waals surface area contributed by atoms with Gasteiger partial charge in [-0.25, -0.2) is 4.79 Å². The fraction of sp³-hybridized carbons (Fsp3) is 0.647. The molecule has 1 aliphatic heterocycles. The van der Waals surface area contributed by atoms with Crippen molar-refractivity contribution in [2.45, 2.75) is 44.8 Å². The van der Waals surface area contributed by atoms with Gasteiger partial charge in [0.25, 0.3) is 0 Å². The summed E-state index contributed by atoms with van der Waals surface area (Å²) in [6.45, 7) is 4.37. The van der Waals surface area contributed by atoms with Gasteiger partial charge in [-0.15, -0.1) is 10.2 Å². The molecule has 1 unspecified atom stereocenters. The molecule has 1 aromatic rings. The first-order valence-electron chi connectivity index (χ1n) is 8.67. The van der Waals surface area contributed by atoms with Gasteiger partial charge in [-0.05, 0) is 32.8 Å². The summed E-state index contributed by atoms with van der Waals surface area (Å²) in [4.78, 5) is 27.3. The van der Waals surface area contributed by atoms with E-state index in [-0.39, 0.29) is 31.0 Å². The van der Waals surface area contributed by atoms with Crippen LogP contribution in [0.2, 0.25) is 0 Å². The minimum atomic E-state index is -1.21. The van der Waals surface area contributed by atoms with Gasteiger partial charge in [-0.3, -0.25) is 10.1 Å². The molecule has 1 aliphatic rings. The van der Waals surface area contributed by atoms with Gasteiger partial charge in [0.2, 0.25) is 11.8 Å². The monoisotopic (exact) mass is 365 g/mol. The van der Waals surface area contributed by atoms with Gasteiger partial charge in [-0.1, -0.05) is 0 Å². The van der Waals surface area contributed by atoms with Crippen LogP contribution in [0, 0.1) is 0 Å². The predicted octanol–water partition coefficient (Wildman–Crippen LogP) is 1.10. The lowest BCUT2D eigenvalue weighted by atomic mass is 9.89. The number of carbonyl (C=O) groups excluding carboxylic acids is 2. The van der Waals surface area contributed by atoms with Gasteiger partial charge in [0.15, 0.2) is 5.82 Å². The van der Waals surface area contributed by atoms with Crippen LogP contribution in [0.25, 0.3) is 0 Å². The summed E-state index contributed by atoms with van der Waals surface area (Å²) < 4.78 is 5.41. The molecular weight excluding hydrogens is 338 g/mol. The van der Waals surface area contributed by atoms with Crippen LogP contribution in [-0.2, 0) is 4.79 Å². The number of anilines is 1. The lowest BCUT2D eigenvalue weighted by Gasteiger charge is -2.39. The zero-order valence-electron chi connectivity index (χ0n) is 15.7. The Balaban J connectivity index is 1.95. The molecule has 0 aromatic carbocycles. The molecule has 1 saturated heterocycles. The highest BCUT2D eigenvalue weighted by atomic mass is 16.5. The van der Waals surface area contributed by atoms with Gasteiger partial charge < -0.3 is 19.6 Å². The average molecular weight is 365 g/mol. The van der Waals surface area contributed by atoms with E-state index >= 15 is 0 Å². The Kier molecular flexibility index (Phi) is 6.36. The van der Waals surface area contributed by atoms with Gasteiger partial charge in [0, 0.05) is 26.7 Å². The highest BCUT2D eigenvalue weighted by Gasteiger charge is 2.37. The second kappa shape index (κ2) is 8.31. The van der Waals surface area contributed by atoms with E-state index in [0.717, 1.165) is 0 Å². The van der Waals surface area contributed by atoms with E-state index in [1.807, 2.05) is 13.8 Å². The van der Waals surface area contributed by atoms with Crippen LogP contribution in [0.1, 0.15) is 33.1 Å². The Morgan fingerprint density at radius 2 is 2.12 bits per heavy atom. The molecule has 2 N–H and O–H groups in total. The van der Waals surface area contributed by atoms with Crippen LogP contribution in [0.3, 0.4) is 0 Å². The maximum absolute atomic E-state index is 12.4. The van der Waals surface area contributed by atoms with E-state index in [4.69, 9.17) is 4.74 Å². The van der Waals surface area contributed by atoms with Crippen LogP contribution in [0.4, 0.5) is 10.6 Å². The third kappa shape index (κ3) is 5.55. The molecule has 9 nitrogen and oxygen atoms in total. The molecule has 3 amide bonds. The number of β-amino-alcohol motifs (C(OH)–C–C–N with tert-alkyl or cyclic N) is 1. The van der Waals surface area contributed by atoms with Crippen molar-refractivity contribution in [2.75, 3.05) is 32.5 Å². The number of nitrogens with zero attached hydrogens (tertiary/aromatic N) is 4. The van der Waals surface area contributed by atoms with Crippen LogP contribution in [-0.4, -0.2) is 75.9 Å². The first-order chi connectivity index (χ1) is 12.2. The summed E-state index contributed by atoms with van der Waals surface area (Å²) >= 11 is 0. The van der Waals surface area contributed by atoms with Crippen molar-refractivity contribution in [2.24, 2.45) is 0 Å². The van der Waals surface area contributed by atoms with Crippen molar-refractivity contribution in [3.8, 4) is 5.88 Å². The van der Waals surface area contributed by atoms with Crippen LogP contribution >= 0.6 is 0 Å². The lowest BCUT2D eigenvalue weighted by molar-refractivity contribution is -0.135. The number of likely N-dealkylation sites (tertiary alicyclic amines) is 1. The zero-order valence-corrected chi connectivity index (χ0v) is 15.7. The van der Waals surface area contributed by atoms with Crippen LogP contribution in [0.15, 0.2) is 12.1 Å². The topological polar surface area (TPSA) is 108 Å². The van der Waals surface area contributed by atoms with Crippen molar-refractivity contribution in [3.05, 3.63) is 12.1 Å². The highest BCUT2D eigenvalue weighted by molar-refractivity contribution is 5.88. The molecule has 1 aromatic heterocycles. The van der Waals surface area contributed by atoms with E-state index < -0.39 is 5.60 Å². The molecular formula is C17H27N5O4. The van der Waals surface area contributed by atoms with Crippen molar-refractivity contribution in [3.63, 3.8) is 0 Å². The molecule has 1 atom stereocenters. The van der Waals surface area contributed by atoms with Crippen molar-refractivity contribution in [1.29, 1.82) is 0 Å². The van der Waals surface area contributed by atoms with Gasteiger partial charge in [0.1, 0.15) is 0 Å². The second-order valence-electron chi connectivity index (χ2n) is 7.07. The van der Waals surface area contributed by atoms with Crippen molar-refractivity contribution in [1.82, 2.24) is 20.0 Å². The summed E-state index contributed by atoms with van der Waals surface area (Å²) in [7, 11) is 3.29. The summed E-state index contributed by atoms with van der Waals surface area (Å²) in [5.41, 5.74) is -1.21. The quantitative estimate of drug-likeness (QED) is 0.809. The number of aliphatic hydroxyl groups is 1. The molecule has 1 fully saturated rings. The number of nitrogens with one attached hydrogen (secondary N) is 1. The van der Waals surface area contributed by atoms with Gasteiger partial charge >= 0.3 is 6.03 Å². The molecule has 26 heavy (non-hydrogen) atoms. The highest BCUT2D eigenvalue weighted by Crippen LogP contribution is 2.25. The first kappa shape index (κ1) is 19.9. The number of carbonyl (C=O) groups is 2. The largest absolute Gasteiger partial charge is 0.474 e. The fourth-order valence-electron chi connectivity index (χ4n) is 2.75. The molecule has 0 aliphatic carbocycles. The second-order valence-corrected chi connectivity index (χ2v) is 7.07. The molecule has 2 heterocycles. The molecule has 2 rings (SSSR count). The van der Waals surface area contributed by atoms with E-state index in [2.05, 4.69) is 15.5 Å². The number of rotatable bonds is 5. The van der Waals surface area contributed by atoms with E-state index in [1.54, 1.807) is 26.2 Å². The number of urea groups is 1. The Hall–Kier alpha value is -2.42. The number of ether oxygens (including phenoxy) is 1. The van der Waals surface area contributed by atoms with Crippen LogP contribution in [0.5, 0.6) is 5.88 Å². The van der Waals surface area contributed by atoms with Crippen molar-refractivity contribution >= 4 is 17.8 Å². The standard InChI is InChI=1S/C17H27N5O4/c1-12(2)26-14-7-6-13(19-20-14)18-16(24)22-9-5-8-17(25,11-22)10-15(23)21(3)4/h6-7,12,25H,5,8-11H2,1-4H3,(H,18,19,24). The minimum absolute atomic E-state index is 0.00910. The van der Waals surface area contributed by atoms with Crippen molar-refractivity contribution < 1.29 is 19.4 Å². The molecule has 0 spiro atoms. The maximum atomic E-state index is 12.4. The molecule has 0 saturated carbocycles. The normalized spacial score (nSPS) is 20.0. The Morgan fingerprint density at radius 1 is 1.38 bits per heavy atom. The number of aromatic nitrogens is 2. The third-order valence-electron chi connectivity index (χ3n) is 4.05. The molecule has 0 bridgehead atoms. The summed E-state index contributed by atoms with van der Waals surface area (Å²) in [5.74, 6) is 0.512. The molecule has 144 valence electrons. The summed E-state index contributed by atoms with van der Waals surface area (Å²) in [6, 6.07) is 2.85. The summed E-state index contributed by atoms with van der Waals surface area (Å²) in [5, 5.41) is 21.2. The summed E-state index contributed by atoms with van der Waals surface area (Å²) in [6.07, 6.45) is 1.08. The third-order valence-corrected chi connectivity index (χ3v) is 4.05. The van der Waals surface area contributed by atoms with E-state index in [0.29, 0.717) is 31.1 Å². The number of amides is 3. The Morgan fingerprint density at radius 3 is 2.69 bits per heavy atom. The Bertz CT molecular complexity index is 635. The zero-order chi connectivity index (χ0) is 19.3. The minimum Gasteiger partial charge on any atom is -0.474 e. The predicted molar refractivity (Wildman–Crippen MR) is 95.9 cm³/mol. The Labute approximate surface area is 153 Å². The van der Waals surface area contributed by atoms with E-state index in [1.165, 1.54) is 9.80 Å². The number of piperidine rings is 1. The number of hydrogen-bond donors (Lipinski definition) is 2. The number of hydrogen-bond acceptors (Lipinski definition) is 6.